The Labute approximate surface area is 130 Å². The van der Waals surface area contributed by atoms with Gasteiger partial charge >= 0.3 is 0 Å². The zero-order chi connectivity index (χ0) is 15.1. The van der Waals surface area contributed by atoms with Crippen LogP contribution in [-0.4, -0.2) is 30.4 Å². The van der Waals surface area contributed by atoms with Gasteiger partial charge in [0.2, 0.25) is 0 Å². The zero-order valence-electron chi connectivity index (χ0n) is 12.5. The predicted molar refractivity (Wildman–Crippen MR) is 87.0 cm³/mol. The smallest absolute Gasteiger partial charge is 0.194 e. The molecule has 1 aromatic rings. The van der Waals surface area contributed by atoms with Gasteiger partial charge in [0.05, 0.1) is 12.0 Å². The van der Waals surface area contributed by atoms with Crippen molar-refractivity contribution in [2.45, 2.75) is 32.2 Å². The second kappa shape index (κ2) is 8.37. The largest absolute Gasteiger partial charge is 0.356 e. The lowest BCUT2D eigenvalue weighted by Crippen LogP contribution is -2.38. The normalized spacial score (nSPS) is 26.1. The molecule has 1 saturated heterocycles. The molecule has 21 heavy (non-hydrogen) atoms. The van der Waals surface area contributed by atoms with Crippen molar-refractivity contribution >= 4 is 23.0 Å². The number of rotatable bonds is 5. The lowest BCUT2D eigenvalue weighted by atomic mass is 9.94. The minimum absolute atomic E-state index is 0.0821. The molecule has 114 valence electrons. The Morgan fingerprint density at radius 3 is 2.81 bits per heavy atom. The number of thioether (sulfide) groups is 1. The van der Waals surface area contributed by atoms with Crippen LogP contribution in [0.25, 0.3) is 6.08 Å². The zero-order valence-corrected chi connectivity index (χ0v) is 13.3. The van der Waals surface area contributed by atoms with E-state index in [1.54, 1.807) is 7.11 Å². The van der Waals surface area contributed by atoms with E-state index in [4.69, 9.17) is 9.47 Å². The number of ether oxygens (including phenoxy) is 2. The highest BCUT2D eigenvalue weighted by molar-refractivity contribution is 8.13. The van der Waals surface area contributed by atoms with Gasteiger partial charge in [-0.05, 0) is 24.2 Å². The van der Waals surface area contributed by atoms with Crippen molar-refractivity contribution < 1.29 is 14.3 Å². The van der Waals surface area contributed by atoms with E-state index in [1.165, 1.54) is 11.8 Å². The average molecular weight is 306 g/mol. The number of hydrogen-bond donors (Lipinski definition) is 0. The second-order valence-corrected chi connectivity index (χ2v) is 6.24. The van der Waals surface area contributed by atoms with Crippen LogP contribution in [0.4, 0.5) is 0 Å². The molecule has 0 aliphatic carbocycles. The van der Waals surface area contributed by atoms with Crippen LogP contribution < -0.4 is 0 Å². The monoisotopic (exact) mass is 306 g/mol. The molecular weight excluding hydrogens is 284 g/mol. The predicted octanol–water partition coefficient (Wildman–Crippen LogP) is 3.75. The van der Waals surface area contributed by atoms with E-state index in [0.29, 0.717) is 0 Å². The fourth-order valence-corrected chi connectivity index (χ4v) is 3.19. The third-order valence-electron chi connectivity index (χ3n) is 3.55. The highest BCUT2D eigenvalue weighted by Gasteiger charge is 2.34. The quantitative estimate of drug-likeness (QED) is 0.830. The molecule has 1 aromatic carbocycles. The summed E-state index contributed by atoms with van der Waals surface area (Å²) in [6.07, 6.45) is 5.15. The van der Waals surface area contributed by atoms with Crippen LogP contribution in [0, 0.1) is 5.92 Å². The maximum Gasteiger partial charge on any atom is 0.194 e. The summed E-state index contributed by atoms with van der Waals surface area (Å²) in [5, 5.41) is 0.217. The van der Waals surface area contributed by atoms with Crippen molar-refractivity contribution in [1.29, 1.82) is 0 Å². The Kier molecular flexibility index (Phi) is 6.49. The Bertz CT molecular complexity index is 472. The van der Waals surface area contributed by atoms with Crippen LogP contribution in [0.5, 0.6) is 0 Å². The molecule has 1 heterocycles. The molecule has 1 fully saturated rings. The van der Waals surface area contributed by atoms with Crippen molar-refractivity contribution in [3.05, 3.63) is 42.0 Å². The fourth-order valence-electron chi connectivity index (χ4n) is 2.44. The van der Waals surface area contributed by atoms with E-state index >= 15 is 0 Å². The first-order chi connectivity index (χ1) is 10.2. The molecule has 1 aliphatic rings. The highest BCUT2D eigenvalue weighted by Crippen LogP contribution is 2.30. The van der Waals surface area contributed by atoms with E-state index in [0.717, 1.165) is 24.2 Å². The third kappa shape index (κ3) is 4.70. The summed E-state index contributed by atoms with van der Waals surface area (Å²) in [4.78, 5) is 12.2. The van der Waals surface area contributed by atoms with Gasteiger partial charge in [0, 0.05) is 7.11 Å². The Balaban J connectivity index is 2.09. The molecule has 3 nitrogen and oxygen atoms in total. The Morgan fingerprint density at radius 2 is 2.14 bits per heavy atom. The molecule has 0 bridgehead atoms. The molecule has 3 atom stereocenters. The number of carbonyl (C=O) groups excluding carboxylic acids is 1. The van der Waals surface area contributed by atoms with Crippen LogP contribution in [0.1, 0.15) is 25.3 Å². The topological polar surface area (TPSA) is 35.5 Å². The van der Waals surface area contributed by atoms with Crippen LogP contribution in [0.3, 0.4) is 0 Å². The van der Waals surface area contributed by atoms with Gasteiger partial charge in [-0.25, -0.2) is 0 Å². The minimum Gasteiger partial charge on any atom is -0.356 e. The van der Waals surface area contributed by atoms with E-state index in [9.17, 15) is 4.79 Å². The van der Waals surface area contributed by atoms with Crippen molar-refractivity contribution in [1.82, 2.24) is 0 Å². The number of carbonyl (C=O) groups is 1. The number of benzene rings is 1. The van der Waals surface area contributed by atoms with Gasteiger partial charge in [-0.2, -0.15) is 0 Å². The highest BCUT2D eigenvalue weighted by atomic mass is 32.2. The summed E-state index contributed by atoms with van der Waals surface area (Å²) in [6, 6.07) is 10.0. The van der Waals surface area contributed by atoms with Crippen LogP contribution in [-0.2, 0) is 14.3 Å². The summed E-state index contributed by atoms with van der Waals surface area (Å²) in [6.45, 7) is 2.00. The van der Waals surface area contributed by atoms with E-state index in [2.05, 4.69) is 0 Å². The first-order valence-electron chi connectivity index (χ1n) is 7.32. The Hall–Kier alpha value is -1.10. The molecule has 0 saturated carbocycles. The van der Waals surface area contributed by atoms with Gasteiger partial charge in [0.15, 0.2) is 11.4 Å². The minimum atomic E-state index is -0.217. The van der Waals surface area contributed by atoms with Crippen molar-refractivity contribution in [2.75, 3.05) is 12.9 Å². The molecule has 0 spiro atoms. The third-order valence-corrected chi connectivity index (χ3v) is 4.42. The van der Waals surface area contributed by atoms with E-state index in [-0.39, 0.29) is 23.4 Å². The first-order valence-corrected chi connectivity index (χ1v) is 8.31. The summed E-state index contributed by atoms with van der Waals surface area (Å²) in [5.41, 5.74) is 1.11. The number of hydrogen-bond acceptors (Lipinski definition) is 4. The molecule has 0 amide bonds. The van der Waals surface area contributed by atoms with Crippen molar-refractivity contribution in [3.8, 4) is 0 Å². The van der Waals surface area contributed by atoms with Crippen LogP contribution in [0.15, 0.2) is 36.4 Å². The molecule has 1 aliphatic heterocycles. The van der Waals surface area contributed by atoms with E-state index < -0.39 is 0 Å². The van der Waals surface area contributed by atoms with Gasteiger partial charge in [-0.15, -0.1) is 0 Å². The molecule has 4 heteroatoms. The molecule has 0 unspecified atom stereocenters. The van der Waals surface area contributed by atoms with Crippen LogP contribution in [0.2, 0.25) is 0 Å². The van der Waals surface area contributed by atoms with Crippen molar-refractivity contribution in [3.63, 3.8) is 0 Å². The Morgan fingerprint density at radius 1 is 1.38 bits per heavy atom. The van der Waals surface area contributed by atoms with Gasteiger partial charge < -0.3 is 9.47 Å². The second-order valence-electron chi connectivity index (χ2n) is 4.97. The van der Waals surface area contributed by atoms with E-state index in [1.807, 2.05) is 49.4 Å². The van der Waals surface area contributed by atoms with Gasteiger partial charge in [-0.3, -0.25) is 4.79 Å². The summed E-state index contributed by atoms with van der Waals surface area (Å²) in [7, 11) is 1.64. The fraction of sp³-hybridized carbons (Fsp3) is 0.471. The lowest BCUT2D eigenvalue weighted by molar-refractivity contribution is -0.183. The maximum absolute atomic E-state index is 12.2. The summed E-state index contributed by atoms with van der Waals surface area (Å²) >= 11 is 1.38. The molecule has 0 aromatic heterocycles. The molecular formula is C17H22O3S. The molecule has 0 N–H and O–H groups in total. The number of methoxy groups -OCH3 is 1. The van der Waals surface area contributed by atoms with Gasteiger partial charge in [0.1, 0.15) is 0 Å². The summed E-state index contributed by atoms with van der Waals surface area (Å²) < 4.78 is 11.2. The van der Waals surface area contributed by atoms with Crippen molar-refractivity contribution in [2.24, 2.45) is 5.92 Å². The average Bonchev–Trinajstić information content (AvgIpc) is 2.53. The first kappa shape index (κ1) is 16.3. The SMILES string of the molecule is CCSC(=O)[C@H]1CC[C@@H](OC)O[C@@H]1/C=C/c1ccccc1. The van der Waals surface area contributed by atoms with Gasteiger partial charge in [0.25, 0.3) is 0 Å². The maximum atomic E-state index is 12.2. The van der Waals surface area contributed by atoms with Gasteiger partial charge in [-0.1, -0.05) is 61.2 Å². The van der Waals surface area contributed by atoms with Crippen LogP contribution >= 0.6 is 11.8 Å². The molecule has 0 radical (unpaired) electrons. The molecule has 2 rings (SSSR count). The summed E-state index contributed by atoms with van der Waals surface area (Å²) in [5.74, 6) is 0.722. The lowest BCUT2D eigenvalue weighted by Gasteiger charge is -2.33. The standard InChI is InChI=1S/C17H22O3S/c1-3-21-17(18)14-10-12-16(19-2)20-15(14)11-9-13-7-5-4-6-8-13/h4-9,11,14-16H,3,10,12H2,1-2H3/b11-9+/t14-,15+,16-/m0/s1.